The zero-order valence-electron chi connectivity index (χ0n) is 14.5. The van der Waals surface area contributed by atoms with E-state index in [9.17, 15) is 4.79 Å². The monoisotopic (exact) mass is 314 g/mol. The predicted octanol–water partition coefficient (Wildman–Crippen LogP) is 3.26. The molecule has 0 saturated carbocycles. The van der Waals surface area contributed by atoms with Gasteiger partial charge in [-0.15, -0.1) is 0 Å². The van der Waals surface area contributed by atoms with E-state index < -0.39 is 0 Å². The average Bonchev–Trinajstić information content (AvgIpc) is 2.81. The molecule has 0 saturated heterocycles. The molecule has 1 heterocycles. The van der Waals surface area contributed by atoms with E-state index in [1.165, 1.54) is 11.1 Å². The molecule has 0 aliphatic heterocycles. The summed E-state index contributed by atoms with van der Waals surface area (Å²) in [7, 11) is 0. The molecule has 0 bridgehead atoms. The van der Waals surface area contributed by atoms with Gasteiger partial charge in [-0.1, -0.05) is 38.1 Å². The van der Waals surface area contributed by atoms with Gasteiger partial charge in [0.1, 0.15) is 0 Å². The summed E-state index contributed by atoms with van der Waals surface area (Å²) >= 11 is 0. The number of aromatic nitrogens is 2. The van der Waals surface area contributed by atoms with Crippen LogP contribution in [0.1, 0.15) is 42.4 Å². The zero-order valence-corrected chi connectivity index (χ0v) is 14.5. The van der Waals surface area contributed by atoms with E-state index in [0.29, 0.717) is 5.92 Å². The lowest BCUT2D eigenvalue weighted by atomic mass is 9.92. The van der Waals surface area contributed by atoms with Crippen LogP contribution in [0.5, 0.6) is 0 Å². The van der Waals surface area contributed by atoms with Crippen LogP contribution in [-0.2, 0) is 4.79 Å². The largest absolute Gasteiger partial charge is 0.322 e. The van der Waals surface area contributed by atoms with E-state index in [-0.39, 0.29) is 18.5 Å². The summed E-state index contributed by atoms with van der Waals surface area (Å²) in [5.74, 6) is 0.332. The van der Waals surface area contributed by atoms with Gasteiger partial charge in [0.05, 0.1) is 23.6 Å². The number of amides is 1. The summed E-state index contributed by atoms with van der Waals surface area (Å²) in [5, 5.41) is 13.3. The van der Waals surface area contributed by atoms with Crippen LogP contribution in [0, 0.1) is 26.7 Å². The Morgan fingerprint density at radius 2 is 1.91 bits per heavy atom. The fourth-order valence-corrected chi connectivity index (χ4v) is 2.76. The van der Waals surface area contributed by atoms with Crippen LogP contribution < -0.4 is 10.6 Å². The minimum Gasteiger partial charge on any atom is -0.322 e. The van der Waals surface area contributed by atoms with Gasteiger partial charge < -0.3 is 10.6 Å². The number of carbonyl (C=O) groups is 1. The van der Waals surface area contributed by atoms with Crippen molar-refractivity contribution in [1.29, 1.82) is 0 Å². The van der Waals surface area contributed by atoms with E-state index >= 15 is 0 Å². The zero-order chi connectivity index (χ0) is 17.0. The number of nitrogens with one attached hydrogen (secondary N) is 3. The Morgan fingerprint density at radius 3 is 2.48 bits per heavy atom. The number of benzene rings is 1. The van der Waals surface area contributed by atoms with Gasteiger partial charge in [0.15, 0.2) is 0 Å². The fourth-order valence-electron chi connectivity index (χ4n) is 2.76. The molecular weight excluding hydrogens is 288 g/mol. The van der Waals surface area contributed by atoms with Gasteiger partial charge in [0, 0.05) is 6.04 Å². The van der Waals surface area contributed by atoms with Gasteiger partial charge in [0.2, 0.25) is 5.91 Å². The van der Waals surface area contributed by atoms with E-state index in [4.69, 9.17) is 0 Å². The van der Waals surface area contributed by atoms with Crippen molar-refractivity contribution in [2.45, 2.75) is 40.7 Å². The molecule has 124 valence electrons. The maximum Gasteiger partial charge on any atom is 0.238 e. The highest BCUT2D eigenvalue weighted by atomic mass is 16.1. The second-order valence-corrected chi connectivity index (χ2v) is 6.32. The van der Waals surface area contributed by atoms with Crippen LogP contribution >= 0.6 is 0 Å². The molecule has 5 nitrogen and oxygen atoms in total. The molecule has 23 heavy (non-hydrogen) atoms. The Labute approximate surface area is 137 Å². The minimum absolute atomic E-state index is 0.0585. The van der Waals surface area contributed by atoms with Crippen molar-refractivity contribution in [3.05, 3.63) is 46.8 Å². The number of nitrogens with zero attached hydrogens (tertiary/aromatic N) is 1. The summed E-state index contributed by atoms with van der Waals surface area (Å²) < 4.78 is 0. The molecule has 0 aliphatic rings. The molecule has 0 fully saturated rings. The van der Waals surface area contributed by atoms with E-state index in [1.54, 1.807) is 0 Å². The SMILES string of the molecule is Cc1ccccc1C(NCC(=O)Nc1c(C)n[nH]c1C)C(C)C. The van der Waals surface area contributed by atoms with E-state index in [1.807, 2.05) is 26.0 Å². The quantitative estimate of drug-likeness (QED) is 0.766. The van der Waals surface area contributed by atoms with Crippen LogP contribution in [0.3, 0.4) is 0 Å². The third-order valence-electron chi connectivity index (χ3n) is 4.07. The lowest BCUT2D eigenvalue weighted by molar-refractivity contribution is -0.115. The molecule has 1 aromatic carbocycles. The normalized spacial score (nSPS) is 12.4. The molecule has 1 aromatic heterocycles. The highest BCUT2D eigenvalue weighted by Gasteiger charge is 2.18. The van der Waals surface area contributed by atoms with E-state index in [2.05, 4.69) is 53.7 Å². The summed E-state index contributed by atoms with van der Waals surface area (Å²) in [6, 6.07) is 8.44. The Balaban J connectivity index is 2.02. The van der Waals surface area contributed by atoms with E-state index in [0.717, 1.165) is 17.1 Å². The number of aromatic amines is 1. The first-order chi connectivity index (χ1) is 10.9. The van der Waals surface area contributed by atoms with Gasteiger partial charge in [-0.3, -0.25) is 9.89 Å². The van der Waals surface area contributed by atoms with Crippen LogP contribution in [0.15, 0.2) is 24.3 Å². The van der Waals surface area contributed by atoms with Gasteiger partial charge in [-0.05, 0) is 37.8 Å². The maximum absolute atomic E-state index is 12.2. The molecule has 1 atom stereocenters. The highest BCUT2D eigenvalue weighted by molar-refractivity contribution is 5.93. The molecule has 1 amide bonds. The van der Waals surface area contributed by atoms with Crippen LogP contribution in [-0.4, -0.2) is 22.6 Å². The number of rotatable bonds is 6. The second-order valence-electron chi connectivity index (χ2n) is 6.32. The lowest BCUT2D eigenvalue weighted by Gasteiger charge is -2.24. The molecule has 5 heteroatoms. The first kappa shape index (κ1) is 17.2. The van der Waals surface area contributed by atoms with Gasteiger partial charge in [-0.2, -0.15) is 5.10 Å². The van der Waals surface area contributed by atoms with Crippen LogP contribution in [0.2, 0.25) is 0 Å². The van der Waals surface area contributed by atoms with Crippen molar-refractivity contribution in [2.24, 2.45) is 5.92 Å². The molecule has 2 aromatic rings. The molecular formula is C18H26N4O. The summed E-state index contributed by atoms with van der Waals surface area (Å²) in [5.41, 5.74) is 4.92. The maximum atomic E-state index is 12.2. The smallest absolute Gasteiger partial charge is 0.238 e. The van der Waals surface area contributed by atoms with Gasteiger partial charge in [0.25, 0.3) is 0 Å². The van der Waals surface area contributed by atoms with Crippen molar-refractivity contribution in [1.82, 2.24) is 15.5 Å². The predicted molar refractivity (Wildman–Crippen MR) is 93.5 cm³/mol. The number of anilines is 1. The lowest BCUT2D eigenvalue weighted by Crippen LogP contribution is -2.34. The van der Waals surface area contributed by atoms with Crippen molar-refractivity contribution >= 4 is 11.6 Å². The van der Waals surface area contributed by atoms with Crippen LogP contribution in [0.4, 0.5) is 5.69 Å². The Bertz CT molecular complexity index is 656. The van der Waals surface area contributed by atoms with Crippen LogP contribution in [0.25, 0.3) is 0 Å². The minimum atomic E-state index is -0.0585. The first-order valence-electron chi connectivity index (χ1n) is 8.00. The standard InChI is InChI=1S/C18H26N4O/c1-11(2)17(15-9-7-6-8-12(15)3)19-10-16(23)20-18-13(4)21-22-14(18)5/h6-9,11,17,19H,10H2,1-5H3,(H,20,23)(H,21,22). The molecule has 1 unspecified atom stereocenters. The number of H-pyrrole nitrogens is 1. The van der Waals surface area contributed by atoms with Crippen molar-refractivity contribution in [2.75, 3.05) is 11.9 Å². The second kappa shape index (κ2) is 7.42. The number of hydrogen-bond acceptors (Lipinski definition) is 3. The van der Waals surface area contributed by atoms with Crippen molar-refractivity contribution in [3.8, 4) is 0 Å². The first-order valence-corrected chi connectivity index (χ1v) is 8.00. The summed E-state index contributed by atoms with van der Waals surface area (Å²) in [6.45, 7) is 10.5. The fraction of sp³-hybridized carbons (Fsp3) is 0.444. The summed E-state index contributed by atoms with van der Waals surface area (Å²) in [6.07, 6.45) is 0. The summed E-state index contributed by atoms with van der Waals surface area (Å²) in [4.78, 5) is 12.2. The topological polar surface area (TPSA) is 69.8 Å². The number of hydrogen-bond donors (Lipinski definition) is 3. The highest BCUT2D eigenvalue weighted by Crippen LogP contribution is 2.24. The third kappa shape index (κ3) is 4.20. The molecule has 0 aliphatic carbocycles. The van der Waals surface area contributed by atoms with Gasteiger partial charge in [-0.25, -0.2) is 0 Å². The Morgan fingerprint density at radius 1 is 1.22 bits per heavy atom. The molecule has 2 rings (SSSR count). The molecule has 3 N–H and O–H groups in total. The number of aryl methyl sites for hydroxylation is 3. The average molecular weight is 314 g/mol. The Hall–Kier alpha value is -2.14. The van der Waals surface area contributed by atoms with Gasteiger partial charge >= 0.3 is 0 Å². The third-order valence-corrected chi connectivity index (χ3v) is 4.07. The molecule has 0 spiro atoms. The van der Waals surface area contributed by atoms with Crippen molar-refractivity contribution < 1.29 is 4.79 Å². The van der Waals surface area contributed by atoms with Crippen molar-refractivity contribution in [3.63, 3.8) is 0 Å². The molecule has 0 radical (unpaired) electrons. The Kier molecular flexibility index (Phi) is 5.55. The number of carbonyl (C=O) groups excluding carboxylic acids is 1.